The van der Waals surface area contributed by atoms with Crippen LogP contribution in [-0.2, 0) is 9.53 Å². The molecule has 7 heteroatoms. The number of ether oxygens (including phenoxy) is 2. The van der Waals surface area contributed by atoms with Crippen LogP contribution >= 0.6 is 12.2 Å². The fourth-order valence-electron chi connectivity index (χ4n) is 3.54. The molecule has 29 heavy (non-hydrogen) atoms. The summed E-state index contributed by atoms with van der Waals surface area (Å²) in [5.41, 5.74) is 0.910. The van der Waals surface area contributed by atoms with Gasteiger partial charge in [-0.1, -0.05) is 18.2 Å². The zero-order valence-electron chi connectivity index (χ0n) is 16.3. The minimum absolute atomic E-state index is 0.120. The van der Waals surface area contributed by atoms with E-state index in [2.05, 4.69) is 10.2 Å². The van der Waals surface area contributed by atoms with Gasteiger partial charge in [-0.2, -0.15) is 0 Å². The van der Waals surface area contributed by atoms with E-state index in [4.69, 9.17) is 21.7 Å². The van der Waals surface area contributed by atoms with E-state index in [1.54, 1.807) is 0 Å². The number of carbonyl (C=O) groups excluding carboxylic acids is 1. The first-order chi connectivity index (χ1) is 14.2. The number of anilines is 1. The molecule has 1 amide bonds. The molecule has 4 rings (SSSR count). The van der Waals surface area contributed by atoms with Crippen molar-refractivity contribution < 1.29 is 14.3 Å². The summed E-state index contributed by atoms with van der Waals surface area (Å²) < 4.78 is 11.3. The number of nitrogens with one attached hydrogen (secondary N) is 1. The van der Waals surface area contributed by atoms with Crippen LogP contribution in [0.4, 0.5) is 5.69 Å². The Balaban J connectivity index is 1.26. The highest BCUT2D eigenvalue weighted by atomic mass is 32.1. The summed E-state index contributed by atoms with van der Waals surface area (Å²) in [7, 11) is 0. The van der Waals surface area contributed by atoms with Crippen molar-refractivity contribution in [1.29, 1.82) is 0 Å². The first-order valence-corrected chi connectivity index (χ1v) is 10.4. The first kappa shape index (κ1) is 19.7. The molecule has 2 aromatic rings. The van der Waals surface area contributed by atoms with Crippen LogP contribution in [0.15, 0.2) is 54.6 Å². The summed E-state index contributed by atoms with van der Waals surface area (Å²) in [6.07, 6.45) is 1.56. The summed E-state index contributed by atoms with van der Waals surface area (Å²) in [6, 6.07) is 17.4. The smallest absolute Gasteiger partial charge is 0.251 e. The van der Waals surface area contributed by atoms with Gasteiger partial charge in [0.15, 0.2) is 5.11 Å². The Labute approximate surface area is 176 Å². The Kier molecular flexibility index (Phi) is 6.27. The van der Waals surface area contributed by atoms with Gasteiger partial charge in [-0.05, 0) is 61.5 Å². The third-order valence-electron chi connectivity index (χ3n) is 5.17. The van der Waals surface area contributed by atoms with Gasteiger partial charge < -0.3 is 24.6 Å². The Hall–Kier alpha value is -2.64. The maximum absolute atomic E-state index is 12.5. The topological polar surface area (TPSA) is 54.0 Å². The Morgan fingerprint density at radius 2 is 1.62 bits per heavy atom. The molecule has 2 aliphatic heterocycles. The highest BCUT2D eigenvalue weighted by Crippen LogP contribution is 2.23. The molecule has 6 nitrogen and oxygen atoms in total. The summed E-state index contributed by atoms with van der Waals surface area (Å²) in [5.74, 6) is 1.70. The molecule has 0 spiro atoms. The van der Waals surface area contributed by atoms with E-state index in [1.165, 1.54) is 0 Å². The van der Waals surface area contributed by atoms with E-state index in [-0.39, 0.29) is 12.0 Å². The average molecular weight is 412 g/mol. The lowest BCUT2D eigenvalue weighted by atomic mass is 10.2. The van der Waals surface area contributed by atoms with Crippen molar-refractivity contribution in [3.05, 3.63) is 54.6 Å². The zero-order chi connectivity index (χ0) is 20.1. The quantitative estimate of drug-likeness (QED) is 0.778. The van der Waals surface area contributed by atoms with E-state index < -0.39 is 0 Å². The Morgan fingerprint density at radius 1 is 0.966 bits per heavy atom. The molecule has 1 atom stereocenters. The molecule has 0 aliphatic carbocycles. The predicted octanol–water partition coefficient (Wildman–Crippen LogP) is 3.50. The number of hydrogen-bond donors (Lipinski definition) is 1. The SMILES string of the molecule is O=C([C@H]1CCCO1)N1CCN(C(=S)Nc2ccc(Oc3ccccc3)cc2)CC1. The lowest BCUT2D eigenvalue weighted by Crippen LogP contribution is -2.53. The second-order valence-electron chi connectivity index (χ2n) is 7.18. The Bertz CT molecular complexity index is 830. The highest BCUT2D eigenvalue weighted by molar-refractivity contribution is 7.80. The lowest BCUT2D eigenvalue weighted by molar-refractivity contribution is -0.142. The standard InChI is InChI=1S/C22H25N3O3S/c26-21(20-7-4-16-27-20)24-12-14-25(15-13-24)22(29)23-17-8-10-19(11-9-17)28-18-5-2-1-3-6-18/h1-3,5-6,8-11,20H,4,7,12-16H2,(H,23,29)/t20-/m1/s1. The second-order valence-corrected chi connectivity index (χ2v) is 7.57. The lowest BCUT2D eigenvalue weighted by Gasteiger charge is -2.37. The minimum Gasteiger partial charge on any atom is -0.457 e. The number of nitrogens with zero attached hydrogens (tertiary/aromatic N) is 2. The summed E-state index contributed by atoms with van der Waals surface area (Å²) in [4.78, 5) is 16.4. The number of rotatable bonds is 4. The number of amides is 1. The summed E-state index contributed by atoms with van der Waals surface area (Å²) in [6.45, 7) is 3.48. The van der Waals surface area contributed by atoms with Gasteiger partial charge in [0.1, 0.15) is 17.6 Å². The average Bonchev–Trinajstić information content (AvgIpc) is 3.30. The molecule has 2 heterocycles. The van der Waals surface area contributed by atoms with Gasteiger partial charge in [-0.25, -0.2) is 0 Å². The van der Waals surface area contributed by atoms with Crippen molar-refractivity contribution in [1.82, 2.24) is 9.80 Å². The Morgan fingerprint density at radius 3 is 2.28 bits per heavy atom. The third kappa shape index (κ3) is 5.05. The van der Waals surface area contributed by atoms with E-state index in [9.17, 15) is 4.79 Å². The van der Waals surface area contributed by atoms with E-state index in [0.29, 0.717) is 24.8 Å². The molecule has 2 saturated heterocycles. The molecule has 2 fully saturated rings. The van der Waals surface area contributed by atoms with Crippen LogP contribution in [-0.4, -0.2) is 59.7 Å². The highest BCUT2D eigenvalue weighted by Gasteiger charge is 2.30. The second kappa shape index (κ2) is 9.24. The third-order valence-corrected chi connectivity index (χ3v) is 5.53. The molecule has 0 unspecified atom stereocenters. The van der Waals surface area contributed by atoms with Gasteiger partial charge in [-0.15, -0.1) is 0 Å². The van der Waals surface area contributed by atoms with E-state index >= 15 is 0 Å². The van der Waals surface area contributed by atoms with Crippen LogP contribution in [0.5, 0.6) is 11.5 Å². The van der Waals surface area contributed by atoms with Crippen LogP contribution in [0.3, 0.4) is 0 Å². The molecule has 0 saturated carbocycles. The molecule has 152 valence electrons. The van der Waals surface area contributed by atoms with Crippen molar-refractivity contribution in [2.75, 3.05) is 38.1 Å². The van der Waals surface area contributed by atoms with Crippen LogP contribution < -0.4 is 10.1 Å². The molecule has 0 aromatic heterocycles. The maximum Gasteiger partial charge on any atom is 0.251 e. The van der Waals surface area contributed by atoms with Crippen molar-refractivity contribution in [3.63, 3.8) is 0 Å². The normalized spacial score (nSPS) is 19.1. The van der Waals surface area contributed by atoms with E-state index in [1.807, 2.05) is 59.5 Å². The van der Waals surface area contributed by atoms with Gasteiger partial charge in [0.2, 0.25) is 0 Å². The van der Waals surface area contributed by atoms with E-state index in [0.717, 1.165) is 43.1 Å². The molecule has 1 N–H and O–H groups in total. The largest absolute Gasteiger partial charge is 0.457 e. The summed E-state index contributed by atoms with van der Waals surface area (Å²) in [5, 5.41) is 3.95. The maximum atomic E-state index is 12.5. The number of piperazine rings is 1. The predicted molar refractivity (Wildman–Crippen MR) is 116 cm³/mol. The van der Waals surface area contributed by atoms with Crippen LogP contribution in [0, 0.1) is 0 Å². The minimum atomic E-state index is -0.247. The number of benzene rings is 2. The van der Waals surface area contributed by atoms with Crippen molar-refractivity contribution in [2.24, 2.45) is 0 Å². The molecule has 0 radical (unpaired) electrons. The van der Waals surface area contributed by atoms with Gasteiger partial charge in [-0.3, -0.25) is 4.79 Å². The summed E-state index contributed by atoms with van der Waals surface area (Å²) >= 11 is 5.56. The van der Waals surface area contributed by atoms with Crippen LogP contribution in [0.25, 0.3) is 0 Å². The zero-order valence-corrected chi connectivity index (χ0v) is 17.1. The fourth-order valence-corrected chi connectivity index (χ4v) is 3.84. The van der Waals surface area contributed by atoms with Gasteiger partial charge in [0.05, 0.1) is 0 Å². The van der Waals surface area contributed by atoms with Crippen molar-refractivity contribution in [3.8, 4) is 11.5 Å². The molecular formula is C22H25N3O3S. The first-order valence-electron chi connectivity index (χ1n) is 9.98. The number of hydrogen-bond acceptors (Lipinski definition) is 4. The molecular weight excluding hydrogens is 386 g/mol. The monoisotopic (exact) mass is 411 g/mol. The van der Waals surface area contributed by atoms with Crippen molar-refractivity contribution >= 4 is 28.9 Å². The molecule has 2 aromatic carbocycles. The molecule has 0 bridgehead atoms. The van der Waals surface area contributed by atoms with Crippen molar-refractivity contribution in [2.45, 2.75) is 18.9 Å². The fraction of sp³-hybridized carbons (Fsp3) is 0.364. The van der Waals surface area contributed by atoms with Gasteiger partial charge in [0, 0.05) is 38.5 Å². The number of thiocarbonyl (C=S) groups is 1. The number of carbonyl (C=O) groups is 1. The van der Waals surface area contributed by atoms with Gasteiger partial charge in [0.25, 0.3) is 5.91 Å². The number of para-hydroxylation sites is 1. The van der Waals surface area contributed by atoms with Crippen LogP contribution in [0.1, 0.15) is 12.8 Å². The van der Waals surface area contributed by atoms with Crippen LogP contribution in [0.2, 0.25) is 0 Å². The molecule has 2 aliphatic rings. The van der Waals surface area contributed by atoms with Gasteiger partial charge >= 0.3 is 0 Å².